The number of amides is 1. The molecule has 1 amide bonds. The number of carbonyl (C=O) groups excluding carboxylic acids is 1. The van der Waals surface area contributed by atoms with E-state index in [-0.39, 0.29) is 42.8 Å². The van der Waals surface area contributed by atoms with Crippen LogP contribution in [0.3, 0.4) is 0 Å². The third kappa shape index (κ3) is 5.05. The fourth-order valence-electron chi connectivity index (χ4n) is 4.16. The molecule has 2 aromatic heterocycles. The first-order chi connectivity index (χ1) is 17.8. The monoisotopic (exact) mass is 522 g/mol. The summed E-state index contributed by atoms with van der Waals surface area (Å²) in [5, 5.41) is 2.72. The van der Waals surface area contributed by atoms with Crippen molar-refractivity contribution < 1.29 is 17.9 Å². The zero-order valence-corrected chi connectivity index (χ0v) is 21.0. The molecule has 0 atom stereocenters. The molecule has 0 radical (unpaired) electrons. The van der Waals surface area contributed by atoms with Gasteiger partial charge in [0.25, 0.3) is 11.5 Å². The lowest BCUT2D eigenvalue weighted by Crippen LogP contribution is -2.42. The van der Waals surface area contributed by atoms with Crippen molar-refractivity contribution in [2.45, 2.75) is 26.0 Å². The molecule has 12 heteroatoms. The van der Waals surface area contributed by atoms with Crippen LogP contribution in [0.5, 0.6) is 5.75 Å². The SMILES string of the molecule is Cn1c(N2CCCCS2(=O)=O)nc(C(=O)NCc2nc3ccccc3[nH]2)c(OCc2ccccc2)c1=O. The molecule has 0 spiro atoms. The Balaban J connectivity index is 1.49. The molecule has 3 heterocycles. The van der Waals surface area contributed by atoms with Crippen LogP contribution in [0.4, 0.5) is 5.95 Å². The summed E-state index contributed by atoms with van der Waals surface area (Å²) in [7, 11) is -2.26. The largest absolute Gasteiger partial charge is 0.481 e. The van der Waals surface area contributed by atoms with Crippen LogP contribution in [-0.4, -0.2) is 46.1 Å². The number of para-hydroxylation sites is 2. The van der Waals surface area contributed by atoms with Crippen LogP contribution in [-0.2, 0) is 30.2 Å². The van der Waals surface area contributed by atoms with Gasteiger partial charge in [-0.3, -0.25) is 14.2 Å². The maximum atomic E-state index is 13.4. The first kappa shape index (κ1) is 24.5. The van der Waals surface area contributed by atoms with E-state index >= 15 is 0 Å². The third-order valence-electron chi connectivity index (χ3n) is 6.09. The molecule has 2 N–H and O–H groups in total. The lowest BCUT2D eigenvalue weighted by molar-refractivity contribution is 0.0939. The summed E-state index contributed by atoms with van der Waals surface area (Å²) < 4.78 is 33.5. The van der Waals surface area contributed by atoms with Crippen molar-refractivity contribution in [3.63, 3.8) is 0 Å². The molecule has 192 valence electrons. The number of hydrogen-bond donors (Lipinski definition) is 2. The van der Waals surface area contributed by atoms with Gasteiger partial charge in [0.1, 0.15) is 12.4 Å². The lowest BCUT2D eigenvalue weighted by atomic mass is 10.2. The van der Waals surface area contributed by atoms with Gasteiger partial charge in [0.2, 0.25) is 21.7 Å². The number of H-pyrrole nitrogens is 1. The van der Waals surface area contributed by atoms with Crippen molar-refractivity contribution in [3.8, 4) is 5.75 Å². The second-order valence-corrected chi connectivity index (χ2v) is 10.7. The molecule has 0 bridgehead atoms. The number of rotatable bonds is 7. The van der Waals surface area contributed by atoms with E-state index in [0.29, 0.717) is 18.7 Å². The Hall–Kier alpha value is -4.19. The zero-order chi connectivity index (χ0) is 26.0. The van der Waals surface area contributed by atoms with Gasteiger partial charge < -0.3 is 15.0 Å². The van der Waals surface area contributed by atoms with Crippen molar-refractivity contribution in [1.82, 2.24) is 24.8 Å². The highest BCUT2D eigenvalue weighted by Gasteiger charge is 2.32. The van der Waals surface area contributed by atoms with Crippen molar-refractivity contribution >= 4 is 32.9 Å². The van der Waals surface area contributed by atoms with Crippen molar-refractivity contribution in [1.29, 1.82) is 0 Å². The first-order valence-electron chi connectivity index (χ1n) is 11.8. The number of sulfonamides is 1. The molecule has 37 heavy (non-hydrogen) atoms. The maximum Gasteiger partial charge on any atom is 0.297 e. The standard InChI is InChI=1S/C25H26N6O5S/c1-30-24(33)22(36-16-17-9-3-2-4-10-17)21(29-25(30)31-13-7-8-14-37(31,34)35)23(32)26-15-20-27-18-11-5-6-12-19(18)28-20/h2-6,9-12H,7-8,13-16H2,1H3,(H,26,32)(H,27,28). The van der Waals surface area contributed by atoms with Crippen LogP contribution < -0.4 is 19.9 Å². The van der Waals surface area contributed by atoms with E-state index in [4.69, 9.17) is 4.74 Å². The number of anilines is 1. The molecule has 0 saturated carbocycles. The summed E-state index contributed by atoms with van der Waals surface area (Å²) in [6.45, 7) is 0.246. The highest BCUT2D eigenvalue weighted by Crippen LogP contribution is 2.24. The summed E-state index contributed by atoms with van der Waals surface area (Å²) in [5.41, 5.74) is 1.42. The van der Waals surface area contributed by atoms with E-state index in [0.717, 1.165) is 25.5 Å². The van der Waals surface area contributed by atoms with Crippen LogP contribution in [0, 0.1) is 0 Å². The molecule has 1 fully saturated rings. The topological polar surface area (TPSA) is 139 Å². The smallest absolute Gasteiger partial charge is 0.297 e. The van der Waals surface area contributed by atoms with Crippen LogP contribution in [0.1, 0.15) is 34.7 Å². The number of fused-ring (bicyclic) bond motifs is 1. The minimum absolute atomic E-state index is 0.0307. The fourth-order valence-corrected chi connectivity index (χ4v) is 5.77. The summed E-state index contributed by atoms with van der Waals surface area (Å²) in [6.07, 6.45) is 1.14. The molecule has 11 nitrogen and oxygen atoms in total. The van der Waals surface area contributed by atoms with E-state index in [1.165, 1.54) is 7.05 Å². The summed E-state index contributed by atoms with van der Waals surface area (Å²) in [5.74, 6) is -0.596. The number of nitrogens with zero attached hydrogens (tertiary/aromatic N) is 4. The first-order valence-corrected chi connectivity index (χ1v) is 13.4. The Bertz CT molecular complexity index is 1580. The van der Waals surface area contributed by atoms with Gasteiger partial charge in [-0.1, -0.05) is 42.5 Å². The van der Waals surface area contributed by atoms with Crippen molar-refractivity contribution in [2.24, 2.45) is 7.05 Å². The highest BCUT2D eigenvalue weighted by atomic mass is 32.2. The number of carbonyl (C=O) groups is 1. The second kappa shape index (κ2) is 10.1. The number of benzene rings is 2. The molecular weight excluding hydrogens is 496 g/mol. The minimum Gasteiger partial charge on any atom is -0.481 e. The molecule has 1 aliphatic rings. The number of aromatic amines is 1. The van der Waals surface area contributed by atoms with E-state index < -0.39 is 21.5 Å². The quantitative estimate of drug-likeness (QED) is 0.379. The van der Waals surface area contributed by atoms with Gasteiger partial charge in [-0.15, -0.1) is 0 Å². The summed E-state index contributed by atoms with van der Waals surface area (Å²) in [6, 6.07) is 16.6. The van der Waals surface area contributed by atoms with Crippen LogP contribution >= 0.6 is 0 Å². The Kier molecular flexibility index (Phi) is 6.66. The van der Waals surface area contributed by atoms with E-state index in [1.807, 2.05) is 54.6 Å². The molecular formula is C25H26N6O5S. The molecule has 5 rings (SSSR count). The number of nitrogens with one attached hydrogen (secondary N) is 2. The van der Waals surface area contributed by atoms with Gasteiger partial charge in [0.15, 0.2) is 5.69 Å². The van der Waals surface area contributed by atoms with Gasteiger partial charge in [-0.05, 0) is 30.5 Å². The minimum atomic E-state index is -3.67. The fraction of sp³-hybridized carbons (Fsp3) is 0.280. The van der Waals surface area contributed by atoms with Gasteiger partial charge in [0, 0.05) is 13.6 Å². The number of hydrogen-bond acceptors (Lipinski definition) is 7. The zero-order valence-electron chi connectivity index (χ0n) is 20.2. The van der Waals surface area contributed by atoms with E-state index in [2.05, 4.69) is 20.3 Å². The Morgan fingerprint density at radius 2 is 1.84 bits per heavy atom. The predicted octanol–water partition coefficient (Wildman–Crippen LogP) is 2.10. The normalized spacial score (nSPS) is 15.0. The van der Waals surface area contributed by atoms with Crippen molar-refractivity contribution in [3.05, 3.63) is 82.0 Å². The molecule has 2 aromatic carbocycles. The van der Waals surface area contributed by atoms with Crippen molar-refractivity contribution in [2.75, 3.05) is 16.6 Å². The number of imidazole rings is 1. The van der Waals surface area contributed by atoms with Crippen LogP contribution in [0.2, 0.25) is 0 Å². The summed E-state index contributed by atoms with van der Waals surface area (Å²) >= 11 is 0. The molecule has 4 aromatic rings. The molecule has 0 aliphatic carbocycles. The van der Waals surface area contributed by atoms with Crippen LogP contribution in [0.15, 0.2) is 59.4 Å². The average Bonchev–Trinajstić information content (AvgIpc) is 3.32. The van der Waals surface area contributed by atoms with Gasteiger partial charge in [-0.25, -0.2) is 22.7 Å². The molecule has 1 saturated heterocycles. The van der Waals surface area contributed by atoms with Gasteiger partial charge in [-0.2, -0.15) is 0 Å². The Morgan fingerprint density at radius 1 is 1.08 bits per heavy atom. The average molecular weight is 523 g/mol. The van der Waals surface area contributed by atoms with Gasteiger partial charge in [0.05, 0.1) is 23.3 Å². The highest BCUT2D eigenvalue weighted by molar-refractivity contribution is 7.92. The lowest BCUT2D eigenvalue weighted by Gasteiger charge is -2.28. The third-order valence-corrected chi connectivity index (χ3v) is 7.92. The summed E-state index contributed by atoms with van der Waals surface area (Å²) in [4.78, 5) is 38.6. The van der Waals surface area contributed by atoms with Gasteiger partial charge >= 0.3 is 0 Å². The second-order valence-electron chi connectivity index (χ2n) is 8.71. The van der Waals surface area contributed by atoms with E-state index in [9.17, 15) is 18.0 Å². The molecule has 1 aliphatic heterocycles. The number of aromatic nitrogens is 4. The predicted molar refractivity (Wildman–Crippen MR) is 138 cm³/mol. The maximum absolute atomic E-state index is 13.4. The molecule has 0 unspecified atom stereocenters. The number of ether oxygens (including phenoxy) is 1. The van der Waals surface area contributed by atoms with E-state index in [1.54, 1.807) is 0 Å². The van der Waals surface area contributed by atoms with Crippen LogP contribution in [0.25, 0.3) is 11.0 Å². The Morgan fingerprint density at radius 3 is 2.59 bits per heavy atom. The Labute approximate surface area is 213 Å².